The Labute approximate surface area is 127 Å². The molecule has 0 heterocycles. The van der Waals surface area contributed by atoms with Crippen LogP contribution in [-0.2, 0) is 6.42 Å². The fraction of sp³-hybridized carbons (Fsp3) is 0.500. The van der Waals surface area contributed by atoms with Gasteiger partial charge in [0, 0.05) is 18.4 Å². The predicted octanol–water partition coefficient (Wildman–Crippen LogP) is 4.85. The number of aliphatic hydroxyl groups is 1. The van der Waals surface area contributed by atoms with Crippen LogP contribution in [0.3, 0.4) is 0 Å². The van der Waals surface area contributed by atoms with Crippen molar-refractivity contribution in [2.75, 3.05) is 6.61 Å². The minimum atomic E-state index is 0.191. The van der Waals surface area contributed by atoms with Crippen LogP contribution in [0.2, 0.25) is 0 Å². The van der Waals surface area contributed by atoms with Crippen molar-refractivity contribution >= 4 is 5.78 Å². The second-order valence-corrected chi connectivity index (χ2v) is 5.22. The standard InChI is InChI=1S/C18H26O3/c1-4-8-18(20)17-13-16(11-10-15(17)5-2)21-12-7-6-9-14(3)19/h10-11,13,19H,3-9,12H2,1-2H3. The minimum Gasteiger partial charge on any atom is -0.513 e. The van der Waals surface area contributed by atoms with Crippen molar-refractivity contribution in [1.82, 2.24) is 0 Å². The molecule has 3 nitrogen and oxygen atoms in total. The molecule has 0 aliphatic heterocycles. The van der Waals surface area contributed by atoms with E-state index in [0.29, 0.717) is 19.4 Å². The molecule has 0 saturated carbocycles. The van der Waals surface area contributed by atoms with Crippen LogP contribution in [0.15, 0.2) is 30.5 Å². The molecule has 0 aliphatic carbocycles. The lowest BCUT2D eigenvalue weighted by Gasteiger charge is -2.11. The molecule has 1 aromatic carbocycles. The van der Waals surface area contributed by atoms with Gasteiger partial charge in [0.2, 0.25) is 0 Å². The number of Topliss-reactive ketones (excluding diaryl/α,β-unsaturated/α-hetero) is 1. The summed E-state index contributed by atoms with van der Waals surface area (Å²) in [5, 5.41) is 9.00. The maximum atomic E-state index is 12.1. The summed E-state index contributed by atoms with van der Waals surface area (Å²) in [6, 6.07) is 5.77. The first-order valence-corrected chi connectivity index (χ1v) is 7.74. The Bertz CT molecular complexity index is 477. The Morgan fingerprint density at radius 3 is 2.62 bits per heavy atom. The van der Waals surface area contributed by atoms with Gasteiger partial charge in [-0.05, 0) is 43.4 Å². The van der Waals surface area contributed by atoms with E-state index in [-0.39, 0.29) is 11.5 Å². The van der Waals surface area contributed by atoms with E-state index >= 15 is 0 Å². The highest BCUT2D eigenvalue weighted by molar-refractivity contribution is 5.97. The number of hydrogen-bond donors (Lipinski definition) is 1. The van der Waals surface area contributed by atoms with Crippen LogP contribution >= 0.6 is 0 Å². The Hall–Kier alpha value is -1.77. The van der Waals surface area contributed by atoms with E-state index < -0.39 is 0 Å². The number of hydrogen-bond acceptors (Lipinski definition) is 3. The molecule has 0 atom stereocenters. The first-order valence-electron chi connectivity index (χ1n) is 7.74. The maximum absolute atomic E-state index is 12.1. The van der Waals surface area contributed by atoms with Crippen LogP contribution in [0, 0.1) is 0 Å². The summed E-state index contributed by atoms with van der Waals surface area (Å²) in [5.74, 6) is 1.15. The topological polar surface area (TPSA) is 46.5 Å². The molecule has 0 saturated heterocycles. The average Bonchev–Trinajstić information content (AvgIpc) is 2.46. The fourth-order valence-electron chi connectivity index (χ4n) is 2.20. The SMILES string of the molecule is C=C(O)CCCCOc1ccc(CC)c(C(=O)CCC)c1. The molecule has 0 aromatic heterocycles. The van der Waals surface area contributed by atoms with Crippen LogP contribution in [-0.4, -0.2) is 17.5 Å². The zero-order valence-corrected chi connectivity index (χ0v) is 13.2. The van der Waals surface area contributed by atoms with Gasteiger partial charge in [-0.3, -0.25) is 4.79 Å². The predicted molar refractivity (Wildman–Crippen MR) is 86.2 cm³/mol. The van der Waals surface area contributed by atoms with E-state index in [2.05, 4.69) is 13.5 Å². The molecule has 0 fully saturated rings. The van der Waals surface area contributed by atoms with E-state index in [0.717, 1.165) is 42.6 Å². The number of carbonyl (C=O) groups excluding carboxylic acids is 1. The highest BCUT2D eigenvalue weighted by Gasteiger charge is 2.11. The lowest BCUT2D eigenvalue weighted by Crippen LogP contribution is -2.05. The number of ether oxygens (including phenoxy) is 1. The Morgan fingerprint density at radius 2 is 2.00 bits per heavy atom. The first kappa shape index (κ1) is 17.3. The number of unbranched alkanes of at least 4 members (excludes halogenated alkanes) is 1. The van der Waals surface area contributed by atoms with Crippen LogP contribution in [0.5, 0.6) is 5.75 Å². The van der Waals surface area contributed by atoms with E-state index in [9.17, 15) is 4.79 Å². The van der Waals surface area contributed by atoms with Gasteiger partial charge in [0.1, 0.15) is 5.75 Å². The molecule has 0 spiro atoms. The molecule has 1 rings (SSSR count). The Kier molecular flexibility index (Phi) is 7.59. The molecule has 0 amide bonds. The zero-order valence-electron chi connectivity index (χ0n) is 13.2. The van der Waals surface area contributed by atoms with Crippen LogP contribution < -0.4 is 4.74 Å². The smallest absolute Gasteiger partial charge is 0.163 e. The molecule has 0 aliphatic rings. The number of benzene rings is 1. The van der Waals surface area contributed by atoms with Gasteiger partial charge < -0.3 is 9.84 Å². The van der Waals surface area contributed by atoms with Crippen molar-refractivity contribution in [3.63, 3.8) is 0 Å². The summed E-state index contributed by atoms with van der Waals surface area (Å²) in [6.07, 6.45) is 4.60. The number of aryl methyl sites for hydroxylation is 1. The monoisotopic (exact) mass is 290 g/mol. The van der Waals surface area contributed by atoms with Gasteiger partial charge in [-0.25, -0.2) is 0 Å². The van der Waals surface area contributed by atoms with Crippen molar-refractivity contribution in [2.24, 2.45) is 0 Å². The highest BCUT2D eigenvalue weighted by Crippen LogP contribution is 2.21. The van der Waals surface area contributed by atoms with Gasteiger partial charge in [-0.1, -0.05) is 26.5 Å². The van der Waals surface area contributed by atoms with Gasteiger partial charge in [-0.15, -0.1) is 0 Å². The number of aliphatic hydroxyl groups excluding tert-OH is 1. The zero-order chi connectivity index (χ0) is 15.7. The lowest BCUT2D eigenvalue weighted by molar-refractivity contribution is 0.0980. The van der Waals surface area contributed by atoms with Crippen LogP contribution in [0.4, 0.5) is 0 Å². The molecule has 21 heavy (non-hydrogen) atoms. The number of ketones is 1. The number of carbonyl (C=O) groups is 1. The summed E-state index contributed by atoms with van der Waals surface area (Å²) in [4.78, 5) is 12.1. The normalized spacial score (nSPS) is 10.4. The molecular weight excluding hydrogens is 264 g/mol. The largest absolute Gasteiger partial charge is 0.513 e. The average molecular weight is 290 g/mol. The maximum Gasteiger partial charge on any atom is 0.163 e. The van der Waals surface area contributed by atoms with Crippen molar-refractivity contribution in [2.45, 2.75) is 52.4 Å². The quantitative estimate of drug-likeness (QED) is 0.380. The van der Waals surface area contributed by atoms with E-state index in [1.165, 1.54) is 0 Å². The third-order valence-electron chi connectivity index (χ3n) is 3.37. The molecule has 116 valence electrons. The molecular formula is C18H26O3. The summed E-state index contributed by atoms with van der Waals surface area (Å²) < 4.78 is 5.69. The van der Waals surface area contributed by atoms with Gasteiger partial charge >= 0.3 is 0 Å². The van der Waals surface area contributed by atoms with E-state index in [1.54, 1.807) is 0 Å². The van der Waals surface area contributed by atoms with Crippen molar-refractivity contribution < 1.29 is 14.6 Å². The third kappa shape index (κ3) is 6.03. The fourth-order valence-corrected chi connectivity index (χ4v) is 2.20. The van der Waals surface area contributed by atoms with E-state index in [4.69, 9.17) is 9.84 Å². The second-order valence-electron chi connectivity index (χ2n) is 5.22. The van der Waals surface area contributed by atoms with Gasteiger partial charge in [0.05, 0.1) is 12.4 Å². The summed E-state index contributed by atoms with van der Waals surface area (Å²) in [7, 11) is 0. The van der Waals surface area contributed by atoms with Crippen molar-refractivity contribution in [3.8, 4) is 5.75 Å². The first-order chi connectivity index (χ1) is 10.1. The third-order valence-corrected chi connectivity index (χ3v) is 3.37. The molecule has 0 unspecified atom stereocenters. The number of rotatable bonds is 10. The van der Waals surface area contributed by atoms with Crippen molar-refractivity contribution in [3.05, 3.63) is 41.7 Å². The molecule has 3 heteroatoms. The summed E-state index contributed by atoms with van der Waals surface area (Å²) >= 11 is 0. The Morgan fingerprint density at radius 1 is 1.24 bits per heavy atom. The van der Waals surface area contributed by atoms with E-state index in [1.807, 2.05) is 25.1 Å². The highest BCUT2D eigenvalue weighted by atomic mass is 16.5. The molecule has 0 bridgehead atoms. The van der Waals surface area contributed by atoms with Gasteiger partial charge in [-0.2, -0.15) is 0 Å². The molecule has 0 radical (unpaired) electrons. The van der Waals surface area contributed by atoms with Crippen LogP contribution in [0.25, 0.3) is 0 Å². The molecule has 1 aromatic rings. The van der Waals surface area contributed by atoms with Gasteiger partial charge in [0.15, 0.2) is 5.78 Å². The summed E-state index contributed by atoms with van der Waals surface area (Å²) in [5.41, 5.74) is 1.87. The lowest BCUT2D eigenvalue weighted by atomic mass is 9.99. The minimum absolute atomic E-state index is 0.191. The number of allylic oxidation sites excluding steroid dienone is 1. The Balaban J connectivity index is 2.61. The van der Waals surface area contributed by atoms with Gasteiger partial charge in [0.25, 0.3) is 0 Å². The molecule has 1 N–H and O–H groups in total. The second kappa shape index (κ2) is 9.22. The van der Waals surface area contributed by atoms with Crippen LogP contribution in [0.1, 0.15) is 61.9 Å². The summed E-state index contributed by atoms with van der Waals surface area (Å²) in [6.45, 7) is 8.11. The van der Waals surface area contributed by atoms with Crippen molar-refractivity contribution in [1.29, 1.82) is 0 Å².